The van der Waals surface area contributed by atoms with Gasteiger partial charge in [0, 0.05) is 5.56 Å². The van der Waals surface area contributed by atoms with Crippen molar-refractivity contribution in [1.29, 1.82) is 0 Å². The molecular weight excluding hydrogens is 242 g/mol. The van der Waals surface area contributed by atoms with Crippen LogP contribution in [0.2, 0.25) is 0 Å². The van der Waals surface area contributed by atoms with Crippen molar-refractivity contribution >= 4 is 0 Å². The Morgan fingerprint density at radius 3 is 2.47 bits per heavy atom. The van der Waals surface area contributed by atoms with Gasteiger partial charge >= 0.3 is 0 Å². The number of hydrogen-bond acceptors (Lipinski definition) is 4. The Hall–Kier alpha value is -1.10. The summed E-state index contributed by atoms with van der Waals surface area (Å²) in [6.07, 6.45) is -0.335. The van der Waals surface area contributed by atoms with E-state index in [-0.39, 0.29) is 12.3 Å². The largest absolute Gasteiger partial charge is 0.496 e. The summed E-state index contributed by atoms with van der Waals surface area (Å²) in [7, 11) is 3.59. The molecule has 0 bridgehead atoms. The number of hydrogen-bond donors (Lipinski definition) is 1. The number of benzene rings is 1. The third-order valence-electron chi connectivity index (χ3n) is 3.48. The Morgan fingerprint density at radius 2 is 1.95 bits per heavy atom. The van der Waals surface area contributed by atoms with E-state index in [1.165, 1.54) is 5.56 Å². The standard InChI is InChI=1S/C15H23NO3/c1-10(2)11-5-6-14(17-4)13(7-11)15-18-8-12(16-3)9-19-15/h5-7,10,12,15-16H,8-9H2,1-4H3. The molecule has 2 rings (SSSR count). The van der Waals surface area contributed by atoms with E-state index in [0.717, 1.165) is 11.3 Å². The van der Waals surface area contributed by atoms with E-state index in [9.17, 15) is 0 Å². The lowest BCUT2D eigenvalue weighted by Crippen LogP contribution is -2.40. The first-order chi connectivity index (χ1) is 9.15. The summed E-state index contributed by atoms with van der Waals surface area (Å²) < 4.78 is 17.0. The Morgan fingerprint density at radius 1 is 1.26 bits per heavy atom. The highest BCUT2D eigenvalue weighted by Crippen LogP contribution is 2.33. The molecule has 106 valence electrons. The lowest BCUT2D eigenvalue weighted by molar-refractivity contribution is -0.194. The van der Waals surface area contributed by atoms with Gasteiger partial charge in [0.1, 0.15) is 5.75 Å². The van der Waals surface area contributed by atoms with Gasteiger partial charge in [0.25, 0.3) is 0 Å². The second-order valence-electron chi connectivity index (χ2n) is 5.14. The lowest BCUT2D eigenvalue weighted by atomic mass is 10.00. The van der Waals surface area contributed by atoms with Crippen molar-refractivity contribution in [2.45, 2.75) is 32.1 Å². The third-order valence-corrected chi connectivity index (χ3v) is 3.48. The van der Waals surface area contributed by atoms with E-state index >= 15 is 0 Å². The Labute approximate surface area is 115 Å². The monoisotopic (exact) mass is 265 g/mol. The first-order valence-corrected chi connectivity index (χ1v) is 6.74. The van der Waals surface area contributed by atoms with Crippen LogP contribution in [-0.4, -0.2) is 33.4 Å². The summed E-state index contributed by atoms with van der Waals surface area (Å²) >= 11 is 0. The van der Waals surface area contributed by atoms with Gasteiger partial charge in [0.05, 0.1) is 26.4 Å². The van der Waals surface area contributed by atoms with Gasteiger partial charge in [-0.15, -0.1) is 0 Å². The first-order valence-electron chi connectivity index (χ1n) is 6.74. The van der Waals surface area contributed by atoms with Crippen molar-refractivity contribution < 1.29 is 14.2 Å². The molecule has 1 saturated heterocycles. The summed E-state index contributed by atoms with van der Waals surface area (Å²) in [4.78, 5) is 0. The van der Waals surface area contributed by atoms with Gasteiger partial charge in [-0.05, 0) is 30.7 Å². The molecule has 0 amide bonds. The molecule has 19 heavy (non-hydrogen) atoms. The first kappa shape index (κ1) is 14.3. The van der Waals surface area contributed by atoms with Crippen molar-refractivity contribution in [3.8, 4) is 5.75 Å². The van der Waals surface area contributed by atoms with Gasteiger partial charge in [-0.25, -0.2) is 0 Å². The third kappa shape index (κ3) is 3.26. The normalized spacial score (nSPS) is 23.6. The molecule has 1 aromatic carbocycles. The van der Waals surface area contributed by atoms with E-state index in [0.29, 0.717) is 19.1 Å². The molecule has 0 aromatic heterocycles. The second-order valence-corrected chi connectivity index (χ2v) is 5.14. The average molecular weight is 265 g/mol. The fourth-order valence-corrected chi connectivity index (χ4v) is 2.15. The molecule has 1 N–H and O–H groups in total. The summed E-state index contributed by atoms with van der Waals surface area (Å²) in [6.45, 7) is 5.64. The molecule has 1 aromatic rings. The smallest absolute Gasteiger partial charge is 0.187 e. The fourth-order valence-electron chi connectivity index (χ4n) is 2.15. The molecule has 1 aliphatic rings. The van der Waals surface area contributed by atoms with E-state index in [1.807, 2.05) is 13.1 Å². The summed E-state index contributed by atoms with van der Waals surface area (Å²) in [5.41, 5.74) is 2.24. The van der Waals surface area contributed by atoms with Crippen molar-refractivity contribution in [3.05, 3.63) is 29.3 Å². The molecule has 0 atom stereocenters. The molecule has 0 saturated carbocycles. The van der Waals surface area contributed by atoms with Crippen molar-refractivity contribution in [2.24, 2.45) is 0 Å². The van der Waals surface area contributed by atoms with E-state index in [4.69, 9.17) is 14.2 Å². The number of methoxy groups -OCH3 is 1. The van der Waals surface area contributed by atoms with Crippen LogP contribution in [0.15, 0.2) is 18.2 Å². The molecular formula is C15H23NO3. The van der Waals surface area contributed by atoms with Crippen molar-refractivity contribution in [2.75, 3.05) is 27.4 Å². The topological polar surface area (TPSA) is 39.7 Å². The molecule has 4 heteroatoms. The molecule has 0 aliphatic carbocycles. The van der Waals surface area contributed by atoms with Crippen LogP contribution in [0.3, 0.4) is 0 Å². The molecule has 0 radical (unpaired) electrons. The predicted octanol–water partition coefficient (Wildman–Crippen LogP) is 2.45. The molecule has 0 unspecified atom stereocenters. The molecule has 1 heterocycles. The van der Waals surface area contributed by atoms with Gasteiger partial charge < -0.3 is 19.5 Å². The van der Waals surface area contributed by atoms with Gasteiger partial charge in [0.2, 0.25) is 0 Å². The minimum atomic E-state index is -0.335. The highest BCUT2D eigenvalue weighted by atomic mass is 16.7. The maximum absolute atomic E-state index is 5.78. The van der Waals surface area contributed by atoms with Crippen LogP contribution in [0, 0.1) is 0 Å². The molecule has 1 aliphatic heterocycles. The summed E-state index contributed by atoms with van der Waals surface area (Å²) in [5, 5.41) is 3.15. The van der Waals surface area contributed by atoms with Gasteiger partial charge in [0.15, 0.2) is 6.29 Å². The number of likely N-dealkylation sites (N-methyl/N-ethyl adjacent to an activating group) is 1. The second kappa shape index (κ2) is 6.37. The Bertz CT molecular complexity index is 412. The van der Waals surface area contributed by atoms with Crippen LogP contribution in [0.5, 0.6) is 5.75 Å². The minimum absolute atomic E-state index is 0.260. The summed E-state index contributed by atoms with van der Waals surface area (Å²) in [6, 6.07) is 6.46. The number of ether oxygens (including phenoxy) is 3. The van der Waals surface area contributed by atoms with Crippen LogP contribution >= 0.6 is 0 Å². The quantitative estimate of drug-likeness (QED) is 0.907. The Balaban J connectivity index is 2.20. The van der Waals surface area contributed by atoms with E-state index < -0.39 is 0 Å². The Kier molecular flexibility index (Phi) is 4.80. The van der Waals surface area contributed by atoms with Gasteiger partial charge in [-0.2, -0.15) is 0 Å². The van der Waals surface area contributed by atoms with Crippen LogP contribution in [0.4, 0.5) is 0 Å². The maximum Gasteiger partial charge on any atom is 0.187 e. The zero-order valence-corrected chi connectivity index (χ0v) is 12.1. The predicted molar refractivity (Wildman–Crippen MR) is 74.6 cm³/mol. The van der Waals surface area contributed by atoms with E-state index in [1.54, 1.807) is 7.11 Å². The maximum atomic E-state index is 5.78. The molecule has 1 fully saturated rings. The average Bonchev–Trinajstić information content (AvgIpc) is 2.46. The molecule has 0 spiro atoms. The zero-order valence-electron chi connectivity index (χ0n) is 12.1. The minimum Gasteiger partial charge on any atom is -0.496 e. The fraction of sp³-hybridized carbons (Fsp3) is 0.600. The van der Waals surface area contributed by atoms with Gasteiger partial charge in [-0.1, -0.05) is 19.9 Å². The highest BCUT2D eigenvalue weighted by molar-refractivity contribution is 5.39. The van der Waals surface area contributed by atoms with Crippen LogP contribution in [0.25, 0.3) is 0 Å². The number of rotatable bonds is 4. The lowest BCUT2D eigenvalue weighted by Gasteiger charge is -2.30. The van der Waals surface area contributed by atoms with Crippen molar-refractivity contribution in [3.63, 3.8) is 0 Å². The van der Waals surface area contributed by atoms with Crippen LogP contribution < -0.4 is 10.1 Å². The van der Waals surface area contributed by atoms with Gasteiger partial charge in [-0.3, -0.25) is 0 Å². The van der Waals surface area contributed by atoms with E-state index in [2.05, 4.69) is 31.3 Å². The highest BCUT2D eigenvalue weighted by Gasteiger charge is 2.25. The van der Waals surface area contributed by atoms with Crippen molar-refractivity contribution in [1.82, 2.24) is 5.32 Å². The summed E-state index contributed by atoms with van der Waals surface area (Å²) in [5.74, 6) is 1.29. The zero-order chi connectivity index (χ0) is 13.8. The van der Waals surface area contributed by atoms with Crippen LogP contribution in [-0.2, 0) is 9.47 Å². The number of nitrogens with one attached hydrogen (secondary N) is 1. The van der Waals surface area contributed by atoms with Crippen LogP contribution in [0.1, 0.15) is 37.2 Å². The molecule has 4 nitrogen and oxygen atoms in total. The SMILES string of the molecule is CNC1COC(c2cc(C(C)C)ccc2OC)OC1.